The van der Waals surface area contributed by atoms with Gasteiger partial charge in [0.05, 0.1) is 23.4 Å². The first kappa shape index (κ1) is 24.0. The molecule has 33 heavy (non-hydrogen) atoms. The Kier molecular flexibility index (Phi) is 7.84. The van der Waals surface area contributed by atoms with Gasteiger partial charge in [0.15, 0.2) is 0 Å². The fourth-order valence-corrected chi connectivity index (χ4v) is 4.13. The van der Waals surface area contributed by atoms with Crippen LogP contribution in [0.25, 0.3) is 0 Å². The predicted molar refractivity (Wildman–Crippen MR) is 130 cm³/mol. The third kappa shape index (κ3) is 6.20. The first-order chi connectivity index (χ1) is 15.8. The van der Waals surface area contributed by atoms with Crippen molar-refractivity contribution in [3.05, 3.63) is 89.5 Å². The zero-order valence-corrected chi connectivity index (χ0v) is 19.7. The number of aryl methyl sites for hydroxylation is 1. The molecule has 0 aliphatic heterocycles. The molecule has 0 aliphatic rings. The summed E-state index contributed by atoms with van der Waals surface area (Å²) in [5.74, 6) is 0.386. The Morgan fingerprint density at radius 2 is 1.64 bits per heavy atom. The van der Waals surface area contributed by atoms with Crippen molar-refractivity contribution in [2.75, 3.05) is 18.0 Å². The summed E-state index contributed by atoms with van der Waals surface area (Å²) < 4.78 is 32.4. The maximum absolute atomic E-state index is 12.8. The van der Waals surface area contributed by atoms with E-state index < -0.39 is 15.9 Å². The van der Waals surface area contributed by atoms with E-state index in [1.807, 2.05) is 38.1 Å². The molecule has 1 N–H and O–H groups in total. The molecule has 0 unspecified atom stereocenters. The third-order valence-electron chi connectivity index (χ3n) is 4.91. The number of nitrogens with one attached hydrogen (secondary N) is 1. The summed E-state index contributed by atoms with van der Waals surface area (Å²) in [5, 5.41) is 3.98. The van der Waals surface area contributed by atoms with E-state index in [1.54, 1.807) is 48.5 Å². The molecule has 7 nitrogen and oxygen atoms in total. The summed E-state index contributed by atoms with van der Waals surface area (Å²) in [7, 11) is -2.22. The predicted octanol–water partition coefficient (Wildman–Crippen LogP) is 4.37. The molecule has 3 rings (SSSR count). The number of nitrogens with zero attached hydrogens (tertiary/aromatic N) is 2. The Morgan fingerprint density at radius 1 is 1.00 bits per heavy atom. The summed E-state index contributed by atoms with van der Waals surface area (Å²) >= 11 is 0. The number of carbonyl (C=O) groups is 1. The molecule has 172 valence electrons. The van der Waals surface area contributed by atoms with E-state index in [1.165, 1.54) is 17.6 Å². The number of amides is 1. The number of hydrazone groups is 1. The number of hydrogen-bond donors (Lipinski definition) is 1. The van der Waals surface area contributed by atoms with Crippen LogP contribution in [0.4, 0.5) is 5.69 Å². The lowest BCUT2D eigenvalue weighted by atomic mass is 10.2. The molecular formula is C25H27N3O4S. The first-order valence-electron chi connectivity index (χ1n) is 10.5. The van der Waals surface area contributed by atoms with Crippen LogP contribution in [0.3, 0.4) is 0 Å². The van der Waals surface area contributed by atoms with Gasteiger partial charge in [0.25, 0.3) is 15.9 Å². The van der Waals surface area contributed by atoms with E-state index >= 15 is 0 Å². The molecular weight excluding hydrogens is 438 g/mol. The molecule has 0 fully saturated rings. The summed E-state index contributed by atoms with van der Waals surface area (Å²) in [6.07, 6.45) is 2.48. The Bertz CT molecular complexity index is 1200. The highest BCUT2D eigenvalue weighted by Crippen LogP contribution is 2.22. The smallest absolute Gasteiger partial charge is 0.271 e. The van der Waals surface area contributed by atoms with Crippen molar-refractivity contribution in [2.24, 2.45) is 5.10 Å². The molecule has 0 aromatic heterocycles. The summed E-state index contributed by atoms with van der Waals surface area (Å²) in [4.78, 5) is 12.6. The Labute approximate surface area is 194 Å². The topological polar surface area (TPSA) is 88.1 Å². The normalized spacial score (nSPS) is 11.4. The molecule has 0 spiro atoms. The van der Waals surface area contributed by atoms with E-state index in [2.05, 4.69) is 10.5 Å². The molecule has 3 aromatic rings. The van der Waals surface area contributed by atoms with Crippen molar-refractivity contribution in [2.45, 2.75) is 25.2 Å². The summed E-state index contributed by atoms with van der Waals surface area (Å²) in [6, 6.07) is 20.3. The number of benzene rings is 3. The summed E-state index contributed by atoms with van der Waals surface area (Å²) in [5.41, 5.74) is 5.08. The van der Waals surface area contributed by atoms with Crippen molar-refractivity contribution >= 4 is 27.8 Å². The minimum absolute atomic E-state index is 0.205. The fraction of sp³-hybridized carbons (Fsp3) is 0.200. The number of rotatable bonds is 9. The van der Waals surface area contributed by atoms with Crippen LogP contribution in [0.2, 0.25) is 0 Å². The number of carbonyl (C=O) groups excluding carboxylic acids is 1. The monoisotopic (exact) mass is 465 g/mol. The molecule has 8 heteroatoms. The first-order valence-corrected chi connectivity index (χ1v) is 12.0. The minimum atomic E-state index is -3.69. The van der Waals surface area contributed by atoms with E-state index in [0.29, 0.717) is 17.9 Å². The highest BCUT2D eigenvalue weighted by Gasteiger charge is 2.21. The van der Waals surface area contributed by atoms with Gasteiger partial charge in [-0.15, -0.1) is 0 Å². The number of sulfonamides is 1. The number of hydrogen-bond acceptors (Lipinski definition) is 5. The highest BCUT2D eigenvalue weighted by molar-refractivity contribution is 7.92. The molecule has 0 heterocycles. The SMILES string of the molecule is CCCOc1ccc(/C=N\NC(=O)c2ccc(N(C)S(=O)(=O)c3ccc(C)cc3)cc2)cc1. The van der Waals surface area contributed by atoms with E-state index in [4.69, 9.17) is 4.74 Å². The zero-order valence-electron chi connectivity index (χ0n) is 18.9. The molecule has 0 saturated carbocycles. The molecule has 0 bridgehead atoms. The van der Waals surface area contributed by atoms with Crippen LogP contribution in [0.5, 0.6) is 5.75 Å². The van der Waals surface area contributed by atoms with Gasteiger partial charge in [-0.25, -0.2) is 13.8 Å². The van der Waals surface area contributed by atoms with Crippen molar-refractivity contribution in [1.29, 1.82) is 0 Å². The second-order valence-electron chi connectivity index (χ2n) is 7.45. The van der Waals surface area contributed by atoms with E-state index in [9.17, 15) is 13.2 Å². The second-order valence-corrected chi connectivity index (χ2v) is 9.42. The maximum atomic E-state index is 12.8. The molecule has 1 amide bonds. The lowest BCUT2D eigenvalue weighted by molar-refractivity contribution is 0.0955. The van der Waals surface area contributed by atoms with Gasteiger partial charge in [0, 0.05) is 12.6 Å². The van der Waals surface area contributed by atoms with Gasteiger partial charge < -0.3 is 4.74 Å². The van der Waals surface area contributed by atoms with Gasteiger partial charge in [-0.2, -0.15) is 5.10 Å². The number of anilines is 1. The summed E-state index contributed by atoms with van der Waals surface area (Å²) in [6.45, 7) is 4.60. The van der Waals surface area contributed by atoms with Gasteiger partial charge in [-0.1, -0.05) is 24.6 Å². The molecule has 3 aromatic carbocycles. The molecule has 0 aliphatic carbocycles. The van der Waals surface area contributed by atoms with Crippen LogP contribution >= 0.6 is 0 Å². The second kappa shape index (κ2) is 10.8. The van der Waals surface area contributed by atoms with Gasteiger partial charge in [0.1, 0.15) is 5.75 Å². The molecule has 0 radical (unpaired) electrons. The Hall–Kier alpha value is -3.65. The van der Waals surface area contributed by atoms with Crippen LogP contribution < -0.4 is 14.5 Å². The quantitative estimate of drug-likeness (QED) is 0.375. The third-order valence-corrected chi connectivity index (χ3v) is 6.70. The Morgan fingerprint density at radius 3 is 2.24 bits per heavy atom. The van der Waals surface area contributed by atoms with Crippen LogP contribution in [-0.4, -0.2) is 34.2 Å². The number of ether oxygens (including phenoxy) is 1. The van der Waals surface area contributed by atoms with Crippen LogP contribution in [0.1, 0.15) is 34.8 Å². The van der Waals surface area contributed by atoms with E-state index in [-0.39, 0.29) is 4.90 Å². The largest absolute Gasteiger partial charge is 0.494 e. The average molecular weight is 466 g/mol. The molecule has 0 atom stereocenters. The van der Waals surface area contributed by atoms with Crippen LogP contribution in [0.15, 0.2) is 82.8 Å². The fourth-order valence-electron chi connectivity index (χ4n) is 2.93. The van der Waals surface area contributed by atoms with Crippen molar-refractivity contribution < 1.29 is 17.9 Å². The van der Waals surface area contributed by atoms with Crippen molar-refractivity contribution in [1.82, 2.24) is 5.43 Å². The minimum Gasteiger partial charge on any atom is -0.494 e. The van der Waals surface area contributed by atoms with Gasteiger partial charge in [0.2, 0.25) is 0 Å². The zero-order chi connectivity index (χ0) is 23.8. The van der Waals surface area contributed by atoms with E-state index in [0.717, 1.165) is 23.3 Å². The van der Waals surface area contributed by atoms with Crippen molar-refractivity contribution in [3.63, 3.8) is 0 Å². The van der Waals surface area contributed by atoms with Crippen molar-refractivity contribution in [3.8, 4) is 5.75 Å². The average Bonchev–Trinajstić information content (AvgIpc) is 2.83. The lowest BCUT2D eigenvalue weighted by Crippen LogP contribution is -2.26. The van der Waals surface area contributed by atoms with Gasteiger partial charge in [-0.05, 0) is 79.6 Å². The lowest BCUT2D eigenvalue weighted by Gasteiger charge is -2.19. The standard InChI is InChI=1S/C25H27N3O4S/c1-4-17-32-23-13-7-20(8-14-23)18-26-27-25(29)21-9-11-22(12-10-21)28(3)33(30,31)24-15-5-19(2)6-16-24/h5-16,18H,4,17H2,1-3H3,(H,27,29)/b26-18-. The maximum Gasteiger partial charge on any atom is 0.271 e. The van der Waals surface area contributed by atoms with Gasteiger partial charge in [-0.3, -0.25) is 9.10 Å². The molecule has 0 saturated heterocycles. The van der Waals surface area contributed by atoms with Gasteiger partial charge >= 0.3 is 0 Å². The van der Waals surface area contributed by atoms with Crippen LogP contribution in [-0.2, 0) is 10.0 Å². The highest BCUT2D eigenvalue weighted by atomic mass is 32.2. The Balaban J connectivity index is 1.61. The van der Waals surface area contributed by atoms with Crippen LogP contribution in [0, 0.1) is 6.92 Å².